The number of rotatable bonds is 6. The number of urea groups is 1. The monoisotopic (exact) mass is 290 g/mol. The van der Waals surface area contributed by atoms with Crippen LogP contribution in [0, 0.1) is 6.92 Å². The lowest BCUT2D eigenvalue weighted by molar-refractivity contribution is -0.124. The van der Waals surface area contributed by atoms with Crippen LogP contribution < -0.4 is 5.43 Å². The van der Waals surface area contributed by atoms with Gasteiger partial charge in [-0.05, 0) is 25.0 Å². The van der Waals surface area contributed by atoms with E-state index in [1.54, 1.807) is 11.1 Å². The number of hydrogen-bond acceptors (Lipinski definition) is 3. The van der Waals surface area contributed by atoms with Gasteiger partial charge in [-0.25, -0.2) is 9.80 Å². The second-order valence-corrected chi connectivity index (χ2v) is 5.30. The quantitative estimate of drug-likeness (QED) is 0.869. The second kappa shape index (κ2) is 7.06. The third kappa shape index (κ3) is 4.18. The Kier molecular flexibility index (Phi) is 5.14. The summed E-state index contributed by atoms with van der Waals surface area (Å²) < 4.78 is 0. The highest BCUT2D eigenvalue weighted by atomic mass is 16.2. The number of hydrogen-bond donors (Lipinski definition) is 1. The molecule has 0 unspecified atom stereocenters. The van der Waals surface area contributed by atoms with Gasteiger partial charge in [0.2, 0.25) is 5.91 Å². The first-order valence-corrected chi connectivity index (χ1v) is 7.37. The molecule has 0 atom stereocenters. The summed E-state index contributed by atoms with van der Waals surface area (Å²) in [6.07, 6.45) is 4.05. The standard InChI is InChI=1S/C15H22N4O2/c1-3-4-5-14(20)17-19-9-8-18(15(19)21)11-13-7-6-12(2)16-10-13/h6-7,10H,3-5,8-9,11H2,1-2H3,(H,17,20). The first-order valence-electron chi connectivity index (χ1n) is 7.37. The fourth-order valence-electron chi connectivity index (χ4n) is 2.19. The summed E-state index contributed by atoms with van der Waals surface area (Å²) in [6.45, 7) is 5.62. The molecule has 6 nitrogen and oxygen atoms in total. The van der Waals surface area contributed by atoms with E-state index in [0.29, 0.717) is 26.1 Å². The SMILES string of the molecule is CCCCC(=O)NN1CCN(Cc2ccc(C)nc2)C1=O. The minimum atomic E-state index is -0.152. The summed E-state index contributed by atoms with van der Waals surface area (Å²) >= 11 is 0. The van der Waals surface area contributed by atoms with Crippen LogP contribution in [0.5, 0.6) is 0 Å². The Bertz CT molecular complexity index is 501. The Morgan fingerprint density at radius 3 is 2.86 bits per heavy atom. The number of aryl methyl sites for hydroxylation is 1. The Morgan fingerprint density at radius 1 is 1.38 bits per heavy atom. The van der Waals surface area contributed by atoms with Crippen LogP contribution in [0.3, 0.4) is 0 Å². The van der Waals surface area contributed by atoms with E-state index in [2.05, 4.69) is 10.4 Å². The average molecular weight is 290 g/mol. The van der Waals surface area contributed by atoms with E-state index >= 15 is 0 Å². The molecule has 0 radical (unpaired) electrons. The van der Waals surface area contributed by atoms with Gasteiger partial charge >= 0.3 is 6.03 Å². The number of nitrogens with one attached hydrogen (secondary N) is 1. The van der Waals surface area contributed by atoms with Crippen molar-refractivity contribution in [3.63, 3.8) is 0 Å². The van der Waals surface area contributed by atoms with E-state index in [9.17, 15) is 9.59 Å². The van der Waals surface area contributed by atoms with Gasteiger partial charge in [-0.1, -0.05) is 19.4 Å². The van der Waals surface area contributed by atoms with Crippen molar-refractivity contribution in [2.45, 2.75) is 39.7 Å². The predicted octanol–water partition coefficient (Wildman–Crippen LogP) is 1.85. The highest BCUT2D eigenvalue weighted by Gasteiger charge is 2.29. The maximum absolute atomic E-state index is 12.2. The van der Waals surface area contributed by atoms with Gasteiger partial charge < -0.3 is 4.90 Å². The first kappa shape index (κ1) is 15.3. The van der Waals surface area contributed by atoms with Crippen molar-refractivity contribution in [2.24, 2.45) is 0 Å². The van der Waals surface area contributed by atoms with Crippen LogP contribution in [0.4, 0.5) is 4.79 Å². The summed E-state index contributed by atoms with van der Waals surface area (Å²) in [5.41, 5.74) is 4.62. The van der Waals surface area contributed by atoms with Crippen LogP contribution in [-0.4, -0.2) is 39.9 Å². The van der Waals surface area contributed by atoms with Crippen LogP contribution in [0.1, 0.15) is 37.4 Å². The number of hydrazine groups is 1. The lowest BCUT2D eigenvalue weighted by Crippen LogP contribution is -2.44. The molecule has 1 aromatic rings. The maximum atomic E-state index is 12.2. The fraction of sp³-hybridized carbons (Fsp3) is 0.533. The van der Waals surface area contributed by atoms with Crippen molar-refractivity contribution >= 4 is 11.9 Å². The van der Waals surface area contributed by atoms with Crippen LogP contribution in [0.2, 0.25) is 0 Å². The summed E-state index contributed by atoms with van der Waals surface area (Å²) in [6, 6.07) is 3.75. The molecule has 1 fully saturated rings. The summed E-state index contributed by atoms with van der Waals surface area (Å²) in [4.78, 5) is 29.8. The van der Waals surface area contributed by atoms with Crippen molar-refractivity contribution in [1.29, 1.82) is 0 Å². The molecule has 1 aromatic heterocycles. The van der Waals surface area contributed by atoms with Crippen molar-refractivity contribution in [3.05, 3.63) is 29.6 Å². The van der Waals surface area contributed by atoms with Gasteiger partial charge in [-0.2, -0.15) is 0 Å². The molecule has 2 rings (SSSR count). The molecule has 0 aliphatic carbocycles. The molecule has 0 bridgehead atoms. The number of pyridine rings is 1. The van der Waals surface area contributed by atoms with Crippen molar-refractivity contribution < 1.29 is 9.59 Å². The van der Waals surface area contributed by atoms with E-state index < -0.39 is 0 Å². The van der Waals surface area contributed by atoms with Gasteiger partial charge in [-0.15, -0.1) is 0 Å². The minimum absolute atomic E-state index is 0.0935. The zero-order valence-electron chi connectivity index (χ0n) is 12.6. The van der Waals surface area contributed by atoms with E-state index in [1.807, 2.05) is 26.0 Å². The normalized spacial score (nSPS) is 14.7. The largest absolute Gasteiger partial charge is 0.339 e. The lowest BCUT2D eigenvalue weighted by Gasteiger charge is -2.19. The summed E-state index contributed by atoms with van der Waals surface area (Å²) in [5.74, 6) is -0.0935. The van der Waals surface area contributed by atoms with Gasteiger partial charge in [-0.3, -0.25) is 15.2 Å². The zero-order chi connectivity index (χ0) is 15.2. The highest BCUT2D eigenvalue weighted by Crippen LogP contribution is 2.12. The zero-order valence-corrected chi connectivity index (χ0v) is 12.6. The van der Waals surface area contributed by atoms with Crippen LogP contribution >= 0.6 is 0 Å². The Labute approximate surface area is 125 Å². The molecule has 1 saturated heterocycles. The van der Waals surface area contributed by atoms with Gasteiger partial charge in [0.05, 0.1) is 6.54 Å². The Morgan fingerprint density at radius 2 is 2.19 bits per heavy atom. The molecule has 0 spiro atoms. The molecule has 21 heavy (non-hydrogen) atoms. The van der Waals surface area contributed by atoms with Crippen molar-refractivity contribution in [2.75, 3.05) is 13.1 Å². The van der Waals surface area contributed by atoms with Gasteiger partial charge in [0.15, 0.2) is 0 Å². The van der Waals surface area contributed by atoms with Gasteiger partial charge in [0, 0.05) is 31.4 Å². The molecule has 3 amide bonds. The first-order chi connectivity index (χ1) is 10.1. The number of carbonyl (C=O) groups is 2. The Hall–Kier alpha value is -2.11. The number of amides is 3. The van der Waals surface area contributed by atoms with Gasteiger partial charge in [0.1, 0.15) is 0 Å². The third-order valence-electron chi connectivity index (χ3n) is 3.46. The smallest absolute Gasteiger partial charge is 0.317 e. The molecule has 6 heteroatoms. The highest BCUT2D eigenvalue weighted by molar-refractivity contribution is 5.82. The summed E-state index contributed by atoms with van der Waals surface area (Å²) in [7, 11) is 0. The summed E-state index contributed by atoms with van der Waals surface area (Å²) in [5, 5.41) is 1.40. The molecular formula is C15H22N4O2. The topological polar surface area (TPSA) is 65.5 Å². The minimum Gasteiger partial charge on any atom is -0.317 e. The number of unbranched alkanes of at least 4 members (excludes halogenated alkanes) is 1. The second-order valence-electron chi connectivity index (χ2n) is 5.30. The van der Waals surface area contributed by atoms with Crippen molar-refractivity contribution in [3.8, 4) is 0 Å². The molecule has 1 aliphatic heterocycles. The molecular weight excluding hydrogens is 268 g/mol. The number of nitrogens with zero attached hydrogens (tertiary/aromatic N) is 3. The average Bonchev–Trinajstić information content (AvgIpc) is 2.80. The molecule has 2 heterocycles. The molecule has 114 valence electrons. The van der Waals surface area contributed by atoms with E-state index in [4.69, 9.17) is 0 Å². The van der Waals surface area contributed by atoms with Crippen molar-refractivity contribution in [1.82, 2.24) is 20.3 Å². The van der Waals surface area contributed by atoms with E-state index in [0.717, 1.165) is 24.1 Å². The number of aromatic nitrogens is 1. The lowest BCUT2D eigenvalue weighted by atomic mass is 10.2. The van der Waals surface area contributed by atoms with Gasteiger partial charge in [0.25, 0.3) is 0 Å². The fourth-order valence-corrected chi connectivity index (χ4v) is 2.19. The van der Waals surface area contributed by atoms with Crippen LogP contribution in [0.15, 0.2) is 18.3 Å². The van der Waals surface area contributed by atoms with Crippen LogP contribution in [0.25, 0.3) is 0 Å². The maximum Gasteiger partial charge on any atom is 0.339 e. The Balaban J connectivity index is 1.86. The predicted molar refractivity (Wildman–Crippen MR) is 79.2 cm³/mol. The number of carbonyl (C=O) groups excluding carboxylic acids is 2. The molecule has 0 saturated carbocycles. The van der Waals surface area contributed by atoms with Crippen LogP contribution in [-0.2, 0) is 11.3 Å². The molecule has 1 N–H and O–H groups in total. The third-order valence-corrected chi connectivity index (χ3v) is 3.46. The van der Waals surface area contributed by atoms with E-state index in [1.165, 1.54) is 5.01 Å². The molecule has 1 aliphatic rings. The van der Waals surface area contributed by atoms with E-state index in [-0.39, 0.29) is 11.9 Å². The molecule has 0 aromatic carbocycles.